The molecule has 1 amide bonds. The zero-order chi connectivity index (χ0) is 20.0. The molecule has 5 nitrogen and oxygen atoms in total. The van der Waals surface area contributed by atoms with Crippen LogP contribution in [0.25, 0.3) is 22.0 Å². The first-order chi connectivity index (χ1) is 14.1. The molecule has 0 bridgehead atoms. The molecule has 2 aromatic carbocycles. The van der Waals surface area contributed by atoms with Gasteiger partial charge in [-0.15, -0.1) is 0 Å². The van der Waals surface area contributed by atoms with Gasteiger partial charge in [0.1, 0.15) is 5.82 Å². The third-order valence-electron chi connectivity index (χ3n) is 5.43. The molecule has 146 valence electrons. The lowest BCUT2D eigenvalue weighted by Gasteiger charge is -2.35. The van der Waals surface area contributed by atoms with Crippen molar-refractivity contribution in [1.82, 2.24) is 9.88 Å². The molecule has 5 rings (SSSR count). The van der Waals surface area contributed by atoms with E-state index in [1.54, 1.807) is 23.1 Å². The summed E-state index contributed by atoms with van der Waals surface area (Å²) < 4.78 is 18.9. The Morgan fingerprint density at radius 2 is 1.72 bits per heavy atom. The van der Waals surface area contributed by atoms with E-state index < -0.39 is 0 Å². The number of fused-ring (bicyclic) bond motifs is 2. The Hall–Kier alpha value is -3.41. The average Bonchev–Trinajstić information content (AvgIpc) is 3.15. The summed E-state index contributed by atoms with van der Waals surface area (Å²) in [6.45, 7) is 4.58. The number of aromatic nitrogens is 1. The fourth-order valence-corrected chi connectivity index (χ4v) is 3.82. The van der Waals surface area contributed by atoms with Gasteiger partial charge >= 0.3 is 0 Å². The third-order valence-corrected chi connectivity index (χ3v) is 5.43. The maximum Gasteiger partial charge on any atom is 0.289 e. The Balaban J connectivity index is 1.34. The Morgan fingerprint density at radius 3 is 2.48 bits per heavy atom. The Kier molecular flexibility index (Phi) is 4.19. The lowest BCUT2D eigenvalue weighted by Crippen LogP contribution is -2.48. The van der Waals surface area contributed by atoms with Crippen molar-refractivity contribution < 1.29 is 13.6 Å². The zero-order valence-electron chi connectivity index (χ0n) is 16.1. The number of anilines is 1. The first kappa shape index (κ1) is 17.7. The molecule has 0 aliphatic carbocycles. The third kappa shape index (κ3) is 3.31. The fourth-order valence-electron chi connectivity index (χ4n) is 3.82. The molecule has 1 fully saturated rings. The predicted molar refractivity (Wildman–Crippen MR) is 111 cm³/mol. The van der Waals surface area contributed by atoms with E-state index in [1.807, 2.05) is 31.2 Å². The average molecular weight is 389 g/mol. The second-order valence-electron chi connectivity index (χ2n) is 7.45. The fraction of sp³-hybridized carbons (Fsp3) is 0.217. The predicted octanol–water partition coefficient (Wildman–Crippen LogP) is 4.39. The van der Waals surface area contributed by atoms with Crippen LogP contribution in [0.15, 0.2) is 59.0 Å². The number of carbonyl (C=O) groups excluding carboxylic acids is 1. The highest BCUT2D eigenvalue weighted by Gasteiger charge is 2.25. The summed E-state index contributed by atoms with van der Waals surface area (Å²) in [7, 11) is 0. The minimum Gasteiger partial charge on any atom is -0.433 e. The van der Waals surface area contributed by atoms with Gasteiger partial charge in [-0.05, 0) is 55.0 Å². The normalized spacial score (nSPS) is 14.7. The minimum absolute atomic E-state index is 0.123. The number of furan rings is 1. The van der Waals surface area contributed by atoms with Gasteiger partial charge in [0, 0.05) is 42.6 Å². The molecule has 0 spiro atoms. The molecule has 0 atom stereocenters. The number of aryl methyl sites for hydroxylation is 1. The first-order valence-corrected chi connectivity index (χ1v) is 9.67. The van der Waals surface area contributed by atoms with Gasteiger partial charge in [0.05, 0.1) is 5.52 Å². The summed E-state index contributed by atoms with van der Waals surface area (Å²) in [5, 5.41) is 1.85. The highest BCUT2D eigenvalue weighted by Crippen LogP contribution is 2.25. The summed E-state index contributed by atoms with van der Waals surface area (Å²) in [6, 6.07) is 16.3. The zero-order valence-corrected chi connectivity index (χ0v) is 16.1. The molecule has 29 heavy (non-hydrogen) atoms. The Morgan fingerprint density at radius 1 is 0.966 bits per heavy atom. The van der Waals surface area contributed by atoms with Crippen LogP contribution in [0.3, 0.4) is 0 Å². The van der Waals surface area contributed by atoms with E-state index in [9.17, 15) is 9.18 Å². The maximum atomic E-state index is 13.1. The molecule has 0 N–H and O–H groups in total. The molecule has 1 aliphatic heterocycles. The van der Waals surface area contributed by atoms with Crippen LogP contribution in [0.1, 0.15) is 16.1 Å². The van der Waals surface area contributed by atoms with Crippen molar-refractivity contribution >= 4 is 33.6 Å². The smallest absolute Gasteiger partial charge is 0.289 e. The van der Waals surface area contributed by atoms with Gasteiger partial charge < -0.3 is 14.2 Å². The van der Waals surface area contributed by atoms with Gasteiger partial charge in [0.25, 0.3) is 5.91 Å². The summed E-state index contributed by atoms with van der Waals surface area (Å²) in [4.78, 5) is 21.5. The van der Waals surface area contributed by atoms with Crippen LogP contribution >= 0.6 is 0 Å². The van der Waals surface area contributed by atoms with Crippen molar-refractivity contribution in [2.45, 2.75) is 6.92 Å². The number of amides is 1. The van der Waals surface area contributed by atoms with Crippen LogP contribution in [-0.2, 0) is 0 Å². The van der Waals surface area contributed by atoms with Crippen molar-refractivity contribution in [1.29, 1.82) is 0 Å². The van der Waals surface area contributed by atoms with Gasteiger partial charge in [-0.1, -0.05) is 12.1 Å². The van der Waals surface area contributed by atoms with Crippen LogP contribution in [0.2, 0.25) is 0 Å². The van der Waals surface area contributed by atoms with Crippen LogP contribution in [-0.4, -0.2) is 42.0 Å². The lowest BCUT2D eigenvalue weighted by atomic mass is 10.1. The van der Waals surface area contributed by atoms with Crippen LogP contribution in [0.5, 0.6) is 0 Å². The molecule has 6 heteroatoms. The van der Waals surface area contributed by atoms with Crippen molar-refractivity contribution in [3.63, 3.8) is 0 Å². The number of rotatable bonds is 2. The minimum atomic E-state index is -0.246. The number of benzene rings is 2. The van der Waals surface area contributed by atoms with E-state index in [2.05, 4.69) is 9.88 Å². The van der Waals surface area contributed by atoms with E-state index >= 15 is 0 Å². The number of carbonyl (C=O) groups is 1. The van der Waals surface area contributed by atoms with Crippen LogP contribution < -0.4 is 4.90 Å². The van der Waals surface area contributed by atoms with Crippen molar-refractivity contribution in [2.24, 2.45) is 0 Å². The largest absolute Gasteiger partial charge is 0.433 e. The number of hydrogen-bond acceptors (Lipinski definition) is 4. The number of halogens is 1. The molecular formula is C23H20FN3O2. The summed E-state index contributed by atoms with van der Waals surface area (Å²) in [6.07, 6.45) is 0. The molecular weight excluding hydrogens is 369 g/mol. The SMILES string of the molecule is Cc1ccc2cc3cc(C(=O)N4CCN(c5ccc(F)cc5)CC4)oc3nc2c1. The van der Waals surface area contributed by atoms with E-state index in [4.69, 9.17) is 4.42 Å². The number of hydrogen-bond donors (Lipinski definition) is 0. The highest BCUT2D eigenvalue weighted by molar-refractivity contribution is 5.98. The topological polar surface area (TPSA) is 49.6 Å². The van der Waals surface area contributed by atoms with Crippen molar-refractivity contribution in [2.75, 3.05) is 31.1 Å². The van der Waals surface area contributed by atoms with Gasteiger partial charge in [-0.3, -0.25) is 4.79 Å². The molecule has 3 heterocycles. The standard InChI is InChI=1S/C23H20FN3O2/c1-15-2-3-16-13-17-14-21(29-22(17)25-20(16)12-15)23(28)27-10-8-26(9-11-27)19-6-4-18(24)5-7-19/h2-7,12-14H,8-11H2,1H3. The van der Waals surface area contributed by atoms with E-state index in [1.165, 1.54) is 12.1 Å². The maximum absolute atomic E-state index is 13.1. The van der Waals surface area contributed by atoms with Gasteiger partial charge in [0.15, 0.2) is 5.76 Å². The number of piperazine rings is 1. The van der Waals surface area contributed by atoms with Crippen LogP contribution in [0.4, 0.5) is 10.1 Å². The summed E-state index contributed by atoms with van der Waals surface area (Å²) >= 11 is 0. The van der Waals surface area contributed by atoms with Crippen molar-refractivity contribution in [3.8, 4) is 0 Å². The monoisotopic (exact) mass is 389 g/mol. The first-order valence-electron chi connectivity index (χ1n) is 9.67. The van der Waals surface area contributed by atoms with Gasteiger partial charge in [-0.2, -0.15) is 0 Å². The quantitative estimate of drug-likeness (QED) is 0.510. The molecule has 0 radical (unpaired) electrons. The molecule has 0 unspecified atom stereocenters. The van der Waals surface area contributed by atoms with Gasteiger partial charge in [0.2, 0.25) is 5.71 Å². The molecule has 1 aliphatic rings. The van der Waals surface area contributed by atoms with E-state index in [-0.39, 0.29) is 11.7 Å². The van der Waals surface area contributed by atoms with Crippen LogP contribution in [0, 0.1) is 12.7 Å². The molecule has 0 saturated carbocycles. The Labute approximate surface area is 167 Å². The number of pyridine rings is 1. The van der Waals surface area contributed by atoms with E-state index in [0.717, 1.165) is 27.5 Å². The van der Waals surface area contributed by atoms with Crippen molar-refractivity contribution in [3.05, 3.63) is 71.7 Å². The second-order valence-corrected chi connectivity index (χ2v) is 7.45. The molecule has 1 saturated heterocycles. The second kappa shape index (κ2) is 6.88. The summed E-state index contributed by atoms with van der Waals surface area (Å²) in [5.74, 6) is -0.0550. The summed E-state index contributed by atoms with van der Waals surface area (Å²) in [5.41, 5.74) is 3.44. The van der Waals surface area contributed by atoms with E-state index in [0.29, 0.717) is 37.7 Å². The lowest BCUT2D eigenvalue weighted by molar-refractivity contribution is 0.0717. The Bertz CT molecular complexity index is 1210. The number of nitrogens with zero attached hydrogens (tertiary/aromatic N) is 3. The molecule has 2 aromatic heterocycles. The molecule has 4 aromatic rings. The highest BCUT2D eigenvalue weighted by atomic mass is 19.1. The van der Waals surface area contributed by atoms with Gasteiger partial charge in [-0.25, -0.2) is 9.37 Å².